The molecule has 0 amide bonds. The molecule has 0 saturated heterocycles. The highest BCUT2D eigenvalue weighted by Crippen LogP contribution is 2.43. The molecule has 0 N–H and O–H groups in total. The fourth-order valence-corrected chi connectivity index (χ4v) is 2.99. The van der Waals surface area contributed by atoms with Crippen molar-refractivity contribution in [3.63, 3.8) is 0 Å². The summed E-state index contributed by atoms with van der Waals surface area (Å²) in [5, 5.41) is 0. The maximum absolute atomic E-state index is 12.5. The lowest BCUT2D eigenvalue weighted by atomic mass is 9.82. The number of hydrogen-bond donors (Lipinski definition) is 0. The molecule has 3 aliphatic rings. The smallest absolute Gasteiger partial charge is 0.228 e. The largest absolute Gasteiger partial charge is 0.481 e. The van der Waals surface area contributed by atoms with E-state index >= 15 is 0 Å². The minimum absolute atomic E-state index is 0.0322. The first kappa shape index (κ1) is 9.83. The van der Waals surface area contributed by atoms with Gasteiger partial charge in [0.2, 0.25) is 5.78 Å². The Bertz CT molecular complexity index is 651. The van der Waals surface area contributed by atoms with E-state index in [1.807, 2.05) is 12.2 Å². The number of rotatable bonds is 0. The molecular weight excluding hydrogens is 228 g/mol. The van der Waals surface area contributed by atoms with E-state index in [4.69, 9.17) is 4.74 Å². The summed E-state index contributed by atoms with van der Waals surface area (Å²) in [6, 6.07) is 6.96. The van der Waals surface area contributed by atoms with Crippen LogP contribution in [0.5, 0.6) is 0 Å². The molecule has 0 spiro atoms. The Balaban J connectivity index is 1.92. The fourth-order valence-electron chi connectivity index (χ4n) is 2.99. The van der Waals surface area contributed by atoms with Crippen LogP contribution in [0.4, 0.5) is 0 Å². The number of fused-ring (bicyclic) bond motifs is 3. The van der Waals surface area contributed by atoms with Gasteiger partial charge in [0, 0.05) is 17.0 Å². The third kappa shape index (κ3) is 1.04. The van der Waals surface area contributed by atoms with Gasteiger partial charge in [0.25, 0.3) is 0 Å². The summed E-state index contributed by atoms with van der Waals surface area (Å²) in [5.41, 5.74) is 1.55. The molecular formula is C15H10O3. The molecule has 1 aromatic carbocycles. The van der Waals surface area contributed by atoms with Crippen molar-refractivity contribution in [1.29, 1.82) is 0 Å². The molecule has 2 atom stereocenters. The van der Waals surface area contributed by atoms with Gasteiger partial charge in [-0.3, -0.25) is 9.59 Å². The molecule has 0 fully saturated rings. The van der Waals surface area contributed by atoms with Crippen LogP contribution in [0, 0.1) is 5.92 Å². The van der Waals surface area contributed by atoms with E-state index in [0.717, 1.165) is 6.42 Å². The Hall–Kier alpha value is -2.16. The van der Waals surface area contributed by atoms with Crippen molar-refractivity contribution in [2.24, 2.45) is 5.92 Å². The van der Waals surface area contributed by atoms with Crippen LogP contribution in [0.3, 0.4) is 0 Å². The summed E-state index contributed by atoms with van der Waals surface area (Å²) in [4.78, 5) is 24.8. The molecule has 4 rings (SSSR count). The van der Waals surface area contributed by atoms with Crippen LogP contribution in [0.1, 0.15) is 27.1 Å². The van der Waals surface area contributed by atoms with Crippen molar-refractivity contribution < 1.29 is 14.3 Å². The molecule has 1 aromatic rings. The summed E-state index contributed by atoms with van der Waals surface area (Å²) in [7, 11) is 0. The zero-order chi connectivity index (χ0) is 12.3. The normalized spacial score (nSPS) is 28.0. The number of carbonyl (C=O) groups is 2. The number of Topliss-reactive ketones (excluding diaryl/α,β-unsaturated/α-hetero) is 2. The van der Waals surface area contributed by atoms with Crippen LogP contribution in [-0.4, -0.2) is 17.7 Å². The van der Waals surface area contributed by atoms with Crippen LogP contribution in [-0.2, 0) is 4.74 Å². The molecule has 1 aliphatic heterocycles. The van der Waals surface area contributed by atoms with Gasteiger partial charge in [-0.1, -0.05) is 30.3 Å². The molecule has 0 bridgehead atoms. The average molecular weight is 238 g/mol. The number of benzene rings is 1. The van der Waals surface area contributed by atoms with Gasteiger partial charge in [0.1, 0.15) is 6.10 Å². The van der Waals surface area contributed by atoms with E-state index in [1.54, 1.807) is 24.3 Å². The van der Waals surface area contributed by atoms with Crippen molar-refractivity contribution in [3.8, 4) is 0 Å². The molecule has 2 unspecified atom stereocenters. The molecule has 1 heterocycles. The monoisotopic (exact) mass is 238 g/mol. The van der Waals surface area contributed by atoms with Gasteiger partial charge < -0.3 is 4.74 Å². The van der Waals surface area contributed by atoms with Crippen molar-refractivity contribution in [2.75, 3.05) is 0 Å². The third-order valence-corrected chi connectivity index (χ3v) is 3.85. The van der Waals surface area contributed by atoms with Gasteiger partial charge in [-0.25, -0.2) is 0 Å². The van der Waals surface area contributed by atoms with Crippen molar-refractivity contribution in [1.82, 2.24) is 0 Å². The Morgan fingerprint density at radius 1 is 1.06 bits per heavy atom. The van der Waals surface area contributed by atoms with Gasteiger partial charge in [-0.05, 0) is 12.5 Å². The lowest BCUT2D eigenvalue weighted by Gasteiger charge is -2.16. The van der Waals surface area contributed by atoms with Crippen LogP contribution in [0.2, 0.25) is 0 Å². The summed E-state index contributed by atoms with van der Waals surface area (Å²) in [6.07, 6.45) is 4.60. The van der Waals surface area contributed by atoms with Crippen LogP contribution < -0.4 is 0 Å². The predicted octanol–water partition coefficient (Wildman–Crippen LogP) is 2.29. The minimum Gasteiger partial charge on any atom is -0.481 e. The van der Waals surface area contributed by atoms with Crippen molar-refractivity contribution >= 4 is 11.6 Å². The SMILES string of the molecule is O=C1C2=C(C(=O)c3ccccc31)C1CC=CC1O2. The quantitative estimate of drug-likeness (QED) is 0.651. The zero-order valence-electron chi connectivity index (χ0n) is 9.55. The van der Waals surface area contributed by atoms with E-state index in [9.17, 15) is 9.59 Å². The molecule has 2 aliphatic carbocycles. The van der Waals surface area contributed by atoms with E-state index in [-0.39, 0.29) is 29.3 Å². The number of carbonyl (C=O) groups excluding carboxylic acids is 2. The van der Waals surface area contributed by atoms with E-state index < -0.39 is 0 Å². The van der Waals surface area contributed by atoms with E-state index in [0.29, 0.717) is 16.7 Å². The molecule has 0 aromatic heterocycles. The minimum atomic E-state index is -0.150. The number of ether oxygens (including phenoxy) is 1. The summed E-state index contributed by atoms with van der Waals surface area (Å²) < 4.78 is 5.65. The van der Waals surface area contributed by atoms with Gasteiger partial charge in [0.15, 0.2) is 11.5 Å². The molecule has 3 heteroatoms. The second-order valence-electron chi connectivity index (χ2n) is 4.80. The third-order valence-electron chi connectivity index (χ3n) is 3.85. The second-order valence-corrected chi connectivity index (χ2v) is 4.80. The van der Waals surface area contributed by atoms with Gasteiger partial charge in [0.05, 0.1) is 5.57 Å². The maximum Gasteiger partial charge on any atom is 0.228 e. The van der Waals surface area contributed by atoms with Gasteiger partial charge >= 0.3 is 0 Å². The second kappa shape index (κ2) is 3.19. The highest BCUT2D eigenvalue weighted by molar-refractivity contribution is 6.26. The summed E-state index contributed by atoms with van der Waals surface area (Å²) in [6.45, 7) is 0. The van der Waals surface area contributed by atoms with Crippen LogP contribution in [0.25, 0.3) is 0 Å². The van der Waals surface area contributed by atoms with Crippen LogP contribution >= 0.6 is 0 Å². The average Bonchev–Trinajstić information content (AvgIpc) is 2.96. The fraction of sp³-hybridized carbons (Fsp3) is 0.200. The lowest BCUT2D eigenvalue weighted by Crippen LogP contribution is -2.22. The van der Waals surface area contributed by atoms with E-state index in [1.165, 1.54) is 0 Å². The van der Waals surface area contributed by atoms with Gasteiger partial charge in [-0.15, -0.1) is 0 Å². The number of hydrogen-bond acceptors (Lipinski definition) is 3. The first-order valence-corrected chi connectivity index (χ1v) is 6.03. The highest BCUT2D eigenvalue weighted by Gasteiger charge is 2.46. The molecule has 88 valence electrons. The lowest BCUT2D eigenvalue weighted by molar-refractivity contribution is 0.0873. The summed E-state index contributed by atoms with van der Waals surface area (Å²) >= 11 is 0. The maximum atomic E-state index is 12.5. The van der Waals surface area contributed by atoms with Crippen molar-refractivity contribution in [3.05, 3.63) is 58.9 Å². The standard InChI is InChI=1S/C15H10O3/c16-13-8-4-1-2-5-9(8)14(17)15-12(13)10-6-3-7-11(10)18-15/h1-5,7,10-11H,6H2. The number of allylic oxidation sites excluding steroid dienone is 2. The predicted molar refractivity (Wildman–Crippen MR) is 64.2 cm³/mol. The molecule has 3 nitrogen and oxygen atoms in total. The Morgan fingerprint density at radius 3 is 2.56 bits per heavy atom. The first-order chi connectivity index (χ1) is 8.77. The molecule has 0 saturated carbocycles. The van der Waals surface area contributed by atoms with Crippen LogP contribution in [0.15, 0.2) is 47.7 Å². The first-order valence-electron chi connectivity index (χ1n) is 6.03. The highest BCUT2D eigenvalue weighted by atomic mass is 16.5. The summed E-state index contributed by atoms with van der Waals surface area (Å²) in [5.74, 6) is 0.113. The molecule has 18 heavy (non-hydrogen) atoms. The Kier molecular flexibility index (Phi) is 1.74. The van der Waals surface area contributed by atoms with E-state index in [2.05, 4.69) is 0 Å². The zero-order valence-corrected chi connectivity index (χ0v) is 9.55. The van der Waals surface area contributed by atoms with Gasteiger partial charge in [-0.2, -0.15) is 0 Å². The number of ketones is 2. The molecule has 0 radical (unpaired) electrons. The topological polar surface area (TPSA) is 43.4 Å². The Morgan fingerprint density at radius 2 is 1.78 bits per heavy atom. The Labute approximate surface area is 104 Å². The van der Waals surface area contributed by atoms with Crippen molar-refractivity contribution in [2.45, 2.75) is 12.5 Å².